The van der Waals surface area contributed by atoms with E-state index in [4.69, 9.17) is 0 Å². The normalized spacial score (nSPS) is 17.9. The van der Waals surface area contributed by atoms with E-state index in [1.807, 2.05) is 72.8 Å². The van der Waals surface area contributed by atoms with Crippen molar-refractivity contribution >= 4 is 50.2 Å². The van der Waals surface area contributed by atoms with E-state index in [1.165, 1.54) is 32.2 Å². The maximum atomic E-state index is 12.9. The summed E-state index contributed by atoms with van der Waals surface area (Å²) in [6, 6.07) is 21.4. The minimum absolute atomic E-state index is 0.193. The molecule has 0 atom stereocenters. The molecule has 3 aliphatic rings. The molecule has 33 heavy (non-hydrogen) atoms. The Hall–Kier alpha value is -3.88. The third-order valence-corrected chi connectivity index (χ3v) is 7.24. The topological polar surface area (TPSA) is 66.5 Å². The predicted octanol–water partition coefficient (Wildman–Crippen LogP) is 3.52. The molecule has 1 amide bonds. The smallest absolute Gasteiger partial charge is 0.267 e. The number of hydrogen-bond acceptors (Lipinski definition) is 5. The van der Waals surface area contributed by atoms with Crippen molar-refractivity contribution in [2.24, 2.45) is 4.99 Å². The first kappa shape index (κ1) is 19.8. The number of aliphatic imine (C=N–C) groups is 1. The molecule has 3 aromatic rings. The van der Waals surface area contributed by atoms with Gasteiger partial charge in [-0.1, -0.05) is 71.6 Å². The number of thioether (sulfide) groups is 1. The van der Waals surface area contributed by atoms with Gasteiger partial charge in [0.1, 0.15) is 11.1 Å². The molecule has 8 heteroatoms. The van der Waals surface area contributed by atoms with Crippen LogP contribution in [0.15, 0.2) is 106 Å². The van der Waals surface area contributed by atoms with E-state index in [9.17, 15) is 9.59 Å². The van der Waals surface area contributed by atoms with E-state index < -0.39 is 0 Å². The summed E-state index contributed by atoms with van der Waals surface area (Å²) in [7, 11) is 1.27. The summed E-state index contributed by atoms with van der Waals surface area (Å²) < 4.78 is 1.51. The lowest BCUT2D eigenvalue weighted by Crippen LogP contribution is -2.41. The van der Waals surface area contributed by atoms with Crippen molar-refractivity contribution in [1.82, 2.24) is 9.88 Å². The molecule has 0 unspecified atom stereocenters. The van der Waals surface area contributed by atoms with E-state index >= 15 is 0 Å². The summed E-state index contributed by atoms with van der Waals surface area (Å²) in [6.07, 6.45) is 6.93. The van der Waals surface area contributed by atoms with Gasteiger partial charge >= 0.3 is 11.1 Å². The number of amides is 1. The van der Waals surface area contributed by atoms with Crippen LogP contribution in [-0.4, -0.2) is 37.4 Å². The molecule has 3 aliphatic heterocycles. The standard InChI is InChI=1S/C25H15N4O2S2/c30-22-20(32-24-26-18(11-13-28(22)24)16-7-3-1-4-8-16)15-21-23(31)29-14-12-19(27-25(29)33-21)17-9-5-2-6-10-17/h1-15H/q+1/b20-15-. The van der Waals surface area contributed by atoms with Gasteiger partial charge in [0, 0.05) is 35.2 Å². The molecule has 158 valence electrons. The second kappa shape index (κ2) is 7.91. The molecule has 6 nitrogen and oxygen atoms in total. The van der Waals surface area contributed by atoms with Crippen LogP contribution in [0.5, 0.6) is 0 Å². The van der Waals surface area contributed by atoms with Gasteiger partial charge in [-0.2, -0.15) is 4.57 Å². The van der Waals surface area contributed by atoms with E-state index in [1.54, 1.807) is 18.5 Å². The number of carbonyl (C=O) groups excluding carboxylic acids is 2. The van der Waals surface area contributed by atoms with Gasteiger partial charge in [-0.3, -0.25) is 9.69 Å². The molecule has 0 spiro atoms. The number of allylic oxidation sites excluding steroid dienone is 2. The van der Waals surface area contributed by atoms with Crippen LogP contribution in [0.4, 0.5) is 0 Å². The number of hydrogen-bond donors (Lipinski definition) is 0. The first-order valence-electron chi connectivity index (χ1n) is 10.2. The number of carbonyl (C=O) groups is 2. The van der Waals surface area contributed by atoms with Crippen LogP contribution in [0.3, 0.4) is 0 Å². The first-order chi connectivity index (χ1) is 16.2. The quantitative estimate of drug-likeness (QED) is 0.256. The Kier molecular flexibility index (Phi) is 4.74. The molecule has 0 saturated carbocycles. The Morgan fingerprint density at radius 1 is 0.909 bits per heavy atom. The van der Waals surface area contributed by atoms with Crippen LogP contribution in [-0.2, 0) is 4.79 Å². The molecule has 0 fully saturated rings. The van der Waals surface area contributed by atoms with Gasteiger partial charge in [-0.25, -0.2) is 9.79 Å². The Morgan fingerprint density at radius 3 is 2.39 bits per heavy atom. The molecule has 0 N–H and O–H groups in total. The molecule has 0 radical (unpaired) electrons. The van der Waals surface area contributed by atoms with Crippen LogP contribution < -0.4 is 4.57 Å². The molecule has 0 bridgehead atoms. The lowest BCUT2D eigenvalue weighted by atomic mass is 10.1. The summed E-state index contributed by atoms with van der Waals surface area (Å²) in [5.74, 6) is -0.385. The molecule has 6 rings (SSSR count). The molecule has 4 heterocycles. The largest absolute Gasteiger partial charge is 0.372 e. The lowest BCUT2D eigenvalue weighted by Gasteiger charge is -2.17. The number of rotatable bonds is 3. The summed E-state index contributed by atoms with van der Waals surface area (Å²) in [6.45, 7) is 0. The van der Waals surface area contributed by atoms with Gasteiger partial charge in [-0.05, 0) is 17.1 Å². The Balaban J connectivity index is 1.33. The van der Waals surface area contributed by atoms with E-state index in [-0.39, 0.29) is 11.8 Å². The zero-order chi connectivity index (χ0) is 22.4. The third-order valence-electron chi connectivity index (χ3n) is 5.27. The minimum atomic E-state index is -0.193. The van der Waals surface area contributed by atoms with E-state index in [2.05, 4.69) is 9.98 Å². The zero-order valence-corrected chi connectivity index (χ0v) is 18.7. The van der Waals surface area contributed by atoms with Crippen molar-refractivity contribution < 1.29 is 14.2 Å². The number of nitrogens with zero attached hydrogens (tertiary/aromatic N) is 4. The second-order valence-corrected chi connectivity index (χ2v) is 9.37. The van der Waals surface area contributed by atoms with E-state index in [0.29, 0.717) is 20.0 Å². The van der Waals surface area contributed by atoms with Gasteiger partial charge in [-0.15, -0.1) is 0 Å². The number of benzene rings is 2. The predicted molar refractivity (Wildman–Crippen MR) is 131 cm³/mol. The maximum absolute atomic E-state index is 12.9. The molecule has 2 aromatic carbocycles. The fourth-order valence-electron chi connectivity index (χ4n) is 3.62. The van der Waals surface area contributed by atoms with Crippen molar-refractivity contribution in [1.29, 1.82) is 0 Å². The summed E-state index contributed by atoms with van der Waals surface area (Å²) in [5.41, 5.74) is 3.55. The zero-order valence-electron chi connectivity index (χ0n) is 17.1. The number of aromatic nitrogens is 2. The fraction of sp³-hybridized carbons (Fsp3) is 0. The molecule has 0 aliphatic carbocycles. The van der Waals surface area contributed by atoms with Gasteiger partial charge in [0.05, 0.1) is 10.6 Å². The van der Waals surface area contributed by atoms with Crippen molar-refractivity contribution in [3.8, 4) is 11.3 Å². The van der Waals surface area contributed by atoms with Gasteiger partial charge in [0.2, 0.25) is 0 Å². The Labute approximate surface area is 197 Å². The average molecular weight is 468 g/mol. The fourth-order valence-corrected chi connectivity index (χ4v) is 5.59. The average Bonchev–Trinajstić information content (AvgIpc) is 3.35. The van der Waals surface area contributed by atoms with Gasteiger partial charge < -0.3 is 0 Å². The second-order valence-electron chi connectivity index (χ2n) is 7.35. The third kappa shape index (κ3) is 3.49. The minimum Gasteiger partial charge on any atom is -0.267 e. The highest BCUT2D eigenvalue weighted by Gasteiger charge is 2.37. The van der Waals surface area contributed by atoms with Crippen LogP contribution in [0.2, 0.25) is 0 Å². The monoisotopic (exact) mass is 467 g/mol. The maximum Gasteiger partial charge on any atom is 0.372 e. The first-order valence-corrected chi connectivity index (χ1v) is 11.8. The van der Waals surface area contributed by atoms with Gasteiger partial charge in [0.15, 0.2) is 10.8 Å². The van der Waals surface area contributed by atoms with Crippen molar-refractivity contribution in [3.63, 3.8) is 0 Å². The molecule has 0 saturated heterocycles. The van der Waals surface area contributed by atoms with Crippen LogP contribution in [0.25, 0.3) is 11.3 Å². The van der Waals surface area contributed by atoms with Crippen LogP contribution >= 0.6 is 22.7 Å². The number of fused-ring (bicyclic) bond motifs is 2. The van der Waals surface area contributed by atoms with Crippen LogP contribution in [0.1, 0.15) is 10.4 Å². The van der Waals surface area contributed by atoms with Crippen molar-refractivity contribution in [2.45, 2.75) is 5.16 Å². The van der Waals surface area contributed by atoms with Crippen LogP contribution in [0, 0.1) is 0 Å². The van der Waals surface area contributed by atoms with E-state index in [0.717, 1.165) is 22.5 Å². The highest BCUT2D eigenvalue weighted by Crippen LogP contribution is 2.31. The Morgan fingerprint density at radius 2 is 1.64 bits per heavy atom. The molecular formula is C25H15N4O2S2+. The van der Waals surface area contributed by atoms with Crippen molar-refractivity contribution in [3.05, 3.63) is 102 Å². The highest BCUT2D eigenvalue weighted by atomic mass is 32.2. The lowest BCUT2D eigenvalue weighted by molar-refractivity contribution is -0.612. The van der Waals surface area contributed by atoms with Crippen molar-refractivity contribution in [2.75, 3.05) is 0 Å². The summed E-state index contributed by atoms with van der Waals surface area (Å²) in [5, 5.41) is 1.16. The Bertz CT molecular complexity index is 1500. The SMILES string of the molecule is O=C1C(/C=C2\Sc3nc(-c4ccccc4)cc[n+]3C2=O)=S=C2N=C(c3ccccc3)C=CN12. The summed E-state index contributed by atoms with van der Waals surface area (Å²) in [4.78, 5) is 37.6. The highest BCUT2D eigenvalue weighted by molar-refractivity contribution is 8.04. The molecular weight excluding hydrogens is 452 g/mol. The van der Waals surface area contributed by atoms with Gasteiger partial charge in [0.25, 0.3) is 5.91 Å². The molecule has 1 aromatic heterocycles. The summed E-state index contributed by atoms with van der Waals surface area (Å²) >= 11 is 1.27.